The number of aliphatic hydroxyl groups is 1. The molecule has 3 atom stereocenters. The third kappa shape index (κ3) is 5.02. The van der Waals surface area contributed by atoms with E-state index >= 15 is 0 Å². The Morgan fingerprint density at radius 2 is 2.19 bits per heavy atom. The fraction of sp³-hybridized carbons (Fsp3) is 0.600. The lowest BCUT2D eigenvalue weighted by Gasteiger charge is -2.20. The van der Waals surface area contributed by atoms with Crippen LogP contribution in [-0.4, -0.2) is 62.7 Å². The van der Waals surface area contributed by atoms with Gasteiger partial charge in [-0.3, -0.25) is 14.2 Å². The molecule has 9 nitrogen and oxygen atoms in total. The van der Waals surface area contributed by atoms with Crippen LogP contribution in [0.3, 0.4) is 0 Å². The van der Waals surface area contributed by atoms with Crippen LogP contribution in [-0.2, 0) is 19.1 Å². The molecule has 1 fully saturated rings. The zero-order valence-corrected chi connectivity index (χ0v) is 15.2. The van der Waals surface area contributed by atoms with Crippen molar-refractivity contribution in [3.05, 3.63) is 22.7 Å². The van der Waals surface area contributed by atoms with E-state index in [0.717, 1.165) is 24.0 Å². The molecule has 1 saturated heterocycles. The Kier molecular flexibility index (Phi) is 6.89. The second kappa shape index (κ2) is 8.76. The van der Waals surface area contributed by atoms with Gasteiger partial charge in [-0.15, -0.1) is 11.8 Å². The van der Waals surface area contributed by atoms with Crippen LogP contribution in [0, 0.1) is 0 Å². The van der Waals surface area contributed by atoms with Gasteiger partial charge in [0.15, 0.2) is 6.10 Å². The molecule has 0 spiro atoms. The molecular formula is C15H19F2N3O6S. The maximum Gasteiger partial charge on any atom is 0.351 e. The minimum atomic E-state index is -3.82. The lowest BCUT2D eigenvalue weighted by molar-refractivity contribution is -0.147. The summed E-state index contributed by atoms with van der Waals surface area (Å²) >= 11 is 1.04. The molecule has 1 aliphatic rings. The number of hydrogen-bond acceptors (Lipinski definition) is 9. The van der Waals surface area contributed by atoms with E-state index in [9.17, 15) is 28.3 Å². The summed E-state index contributed by atoms with van der Waals surface area (Å²) in [6.07, 6.45) is -4.63. The van der Waals surface area contributed by atoms with Crippen molar-refractivity contribution in [2.45, 2.75) is 37.7 Å². The molecule has 2 rings (SSSR count). The summed E-state index contributed by atoms with van der Waals surface area (Å²) in [6.45, 7) is 1.06. The summed E-state index contributed by atoms with van der Waals surface area (Å²) < 4.78 is 39.0. The van der Waals surface area contributed by atoms with Crippen LogP contribution in [0.1, 0.15) is 19.6 Å². The third-order valence-electron chi connectivity index (χ3n) is 3.77. The standard InChI is InChI=1S/C15H19F2N3O6S/c1-2-8(21)6-27-7-11(22)25-5-9-12(23)15(16,17)13(26-9)20-4-3-10(18)19-14(20)24/h3-4,9,12-13,23H,2,5-7H2,1H3,(H2,18,19,24)/t9?,12-,13+/m0/s1. The van der Waals surface area contributed by atoms with E-state index in [2.05, 4.69) is 4.98 Å². The number of anilines is 1. The van der Waals surface area contributed by atoms with Gasteiger partial charge in [0.25, 0.3) is 0 Å². The number of carbonyl (C=O) groups is 2. The van der Waals surface area contributed by atoms with Crippen LogP contribution in [0.2, 0.25) is 0 Å². The van der Waals surface area contributed by atoms with E-state index in [1.165, 1.54) is 0 Å². The van der Waals surface area contributed by atoms with Gasteiger partial charge in [0.05, 0.1) is 11.5 Å². The van der Waals surface area contributed by atoms with Crippen molar-refractivity contribution in [3.63, 3.8) is 0 Å². The van der Waals surface area contributed by atoms with Crippen LogP contribution in [0.25, 0.3) is 0 Å². The number of nitrogen functional groups attached to an aromatic ring is 1. The quantitative estimate of drug-likeness (QED) is 0.570. The van der Waals surface area contributed by atoms with Gasteiger partial charge in [-0.25, -0.2) is 4.79 Å². The molecule has 2 heterocycles. The molecule has 0 aromatic carbocycles. The van der Waals surface area contributed by atoms with Crippen molar-refractivity contribution in [1.82, 2.24) is 9.55 Å². The Balaban J connectivity index is 1.96. The molecule has 1 unspecified atom stereocenters. The number of ether oxygens (including phenoxy) is 2. The molecule has 0 bridgehead atoms. The molecule has 1 aliphatic heterocycles. The highest BCUT2D eigenvalue weighted by Gasteiger charge is 2.60. The third-order valence-corrected chi connectivity index (χ3v) is 4.74. The van der Waals surface area contributed by atoms with Gasteiger partial charge in [-0.1, -0.05) is 6.92 Å². The number of ketones is 1. The van der Waals surface area contributed by atoms with E-state index in [-0.39, 0.29) is 23.1 Å². The number of esters is 1. The number of aromatic nitrogens is 2. The number of rotatable bonds is 8. The second-order valence-electron chi connectivity index (χ2n) is 5.76. The number of carbonyl (C=O) groups excluding carboxylic acids is 2. The number of nitrogens with zero attached hydrogens (tertiary/aromatic N) is 2. The average Bonchev–Trinajstić information content (AvgIpc) is 2.83. The first-order valence-electron chi connectivity index (χ1n) is 7.97. The summed E-state index contributed by atoms with van der Waals surface area (Å²) in [5.41, 5.74) is 4.25. The number of nitrogens with two attached hydrogens (primary N) is 1. The summed E-state index contributed by atoms with van der Waals surface area (Å²) in [5.74, 6) is -4.74. The van der Waals surface area contributed by atoms with E-state index < -0.39 is 42.6 Å². The predicted molar refractivity (Wildman–Crippen MR) is 91.4 cm³/mol. The number of aliphatic hydroxyl groups excluding tert-OH is 1. The zero-order chi connectivity index (χ0) is 20.2. The highest BCUT2D eigenvalue weighted by Crippen LogP contribution is 2.42. The average molecular weight is 407 g/mol. The summed E-state index contributed by atoms with van der Waals surface area (Å²) in [6, 6.07) is 1.13. The molecular weight excluding hydrogens is 388 g/mol. The van der Waals surface area contributed by atoms with Crippen LogP contribution in [0.15, 0.2) is 17.1 Å². The molecule has 3 N–H and O–H groups in total. The van der Waals surface area contributed by atoms with Gasteiger partial charge in [-0.05, 0) is 6.07 Å². The van der Waals surface area contributed by atoms with Gasteiger partial charge in [0, 0.05) is 12.6 Å². The molecule has 0 amide bonds. The van der Waals surface area contributed by atoms with Gasteiger partial charge >= 0.3 is 17.6 Å². The Hall–Kier alpha value is -2.05. The zero-order valence-electron chi connectivity index (χ0n) is 14.3. The molecule has 27 heavy (non-hydrogen) atoms. The smallest absolute Gasteiger partial charge is 0.351 e. The highest BCUT2D eigenvalue weighted by atomic mass is 32.2. The lowest BCUT2D eigenvalue weighted by atomic mass is 10.1. The lowest BCUT2D eigenvalue weighted by Crippen LogP contribution is -2.42. The summed E-state index contributed by atoms with van der Waals surface area (Å²) in [7, 11) is 0. The molecule has 0 saturated carbocycles. The van der Waals surface area contributed by atoms with Crippen molar-refractivity contribution < 1.29 is 33.0 Å². The molecule has 12 heteroatoms. The number of hydrogen-bond donors (Lipinski definition) is 2. The second-order valence-corrected chi connectivity index (χ2v) is 6.74. The van der Waals surface area contributed by atoms with Gasteiger partial charge in [-0.2, -0.15) is 13.8 Å². The normalized spacial score (nSPS) is 23.9. The highest BCUT2D eigenvalue weighted by molar-refractivity contribution is 8.00. The first-order chi connectivity index (χ1) is 12.7. The van der Waals surface area contributed by atoms with Crippen molar-refractivity contribution in [3.8, 4) is 0 Å². The predicted octanol–water partition coefficient (Wildman–Crippen LogP) is -0.0254. The Morgan fingerprint density at radius 1 is 1.48 bits per heavy atom. The maximum atomic E-state index is 14.3. The Morgan fingerprint density at radius 3 is 2.81 bits per heavy atom. The fourth-order valence-corrected chi connectivity index (χ4v) is 3.06. The van der Waals surface area contributed by atoms with Gasteiger partial charge in [0.2, 0.25) is 6.23 Å². The molecule has 0 radical (unpaired) electrons. The van der Waals surface area contributed by atoms with Gasteiger partial charge in [0.1, 0.15) is 24.3 Å². The van der Waals surface area contributed by atoms with Gasteiger partial charge < -0.3 is 20.3 Å². The first kappa shape index (κ1) is 21.3. The largest absolute Gasteiger partial charge is 0.462 e. The van der Waals surface area contributed by atoms with Crippen molar-refractivity contribution in [2.24, 2.45) is 0 Å². The minimum Gasteiger partial charge on any atom is -0.462 e. The topological polar surface area (TPSA) is 134 Å². The maximum absolute atomic E-state index is 14.3. The van der Waals surface area contributed by atoms with Crippen molar-refractivity contribution >= 4 is 29.3 Å². The first-order valence-corrected chi connectivity index (χ1v) is 9.13. The SMILES string of the molecule is CCC(=O)CSCC(=O)OCC1O[C@@H](n2ccc(N)nc2=O)C(F)(F)[C@H]1O. The summed E-state index contributed by atoms with van der Waals surface area (Å²) in [5, 5.41) is 9.81. The molecule has 150 valence electrons. The van der Waals surface area contributed by atoms with E-state index in [1.54, 1.807) is 6.92 Å². The van der Waals surface area contributed by atoms with Crippen molar-refractivity contribution in [2.75, 3.05) is 23.8 Å². The molecule has 0 aliphatic carbocycles. The Labute approximate surface area is 156 Å². The van der Waals surface area contributed by atoms with Crippen LogP contribution < -0.4 is 11.4 Å². The number of halogens is 2. The summed E-state index contributed by atoms with van der Waals surface area (Å²) in [4.78, 5) is 37.9. The molecule has 1 aromatic heterocycles. The van der Waals surface area contributed by atoms with E-state index in [1.807, 2.05) is 0 Å². The number of alkyl halides is 2. The fourth-order valence-electron chi connectivity index (χ4n) is 2.28. The van der Waals surface area contributed by atoms with Crippen LogP contribution in [0.4, 0.5) is 14.6 Å². The molecule has 1 aromatic rings. The van der Waals surface area contributed by atoms with Crippen LogP contribution >= 0.6 is 11.8 Å². The van der Waals surface area contributed by atoms with Crippen molar-refractivity contribution in [1.29, 1.82) is 0 Å². The Bertz CT molecular complexity index is 759. The number of Topliss-reactive ketones (excluding diaryl/α,β-unsaturated/α-hetero) is 1. The minimum absolute atomic E-state index is 0.0348. The monoisotopic (exact) mass is 407 g/mol. The van der Waals surface area contributed by atoms with Crippen LogP contribution in [0.5, 0.6) is 0 Å². The van der Waals surface area contributed by atoms with E-state index in [4.69, 9.17) is 15.2 Å². The van der Waals surface area contributed by atoms with E-state index in [0.29, 0.717) is 11.0 Å². The number of thioether (sulfide) groups is 1.